The number of hydrogen-bond donors (Lipinski definition) is 0. The quantitative estimate of drug-likeness (QED) is 0.152. The van der Waals surface area contributed by atoms with Gasteiger partial charge in [-0.25, -0.2) is 0 Å². The second-order valence-electron chi connectivity index (χ2n) is 9.19. The van der Waals surface area contributed by atoms with Crippen molar-refractivity contribution in [3.63, 3.8) is 0 Å². The zero-order valence-corrected chi connectivity index (χ0v) is 21.1. The Bertz CT molecular complexity index is 1030. The summed E-state index contributed by atoms with van der Waals surface area (Å²) in [6.07, 6.45) is 9.99. The van der Waals surface area contributed by atoms with Crippen molar-refractivity contribution in [3.8, 4) is 11.1 Å². The molecule has 1 unspecified atom stereocenters. The lowest BCUT2D eigenvalue weighted by molar-refractivity contribution is -0.169. The first-order valence-electron chi connectivity index (χ1n) is 13.0. The maximum absolute atomic E-state index is 12.7. The van der Waals surface area contributed by atoms with Crippen LogP contribution in [-0.4, -0.2) is 11.8 Å². The molecule has 0 aliphatic rings. The molecular formula is C32H39O2+. The molecule has 0 fully saturated rings. The maximum atomic E-state index is 12.7. The van der Waals surface area contributed by atoms with Crippen molar-refractivity contribution in [3.05, 3.63) is 95.6 Å². The topological polar surface area (TPSA) is 28.4 Å². The summed E-state index contributed by atoms with van der Waals surface area (Å²) in [4.78, 5) is 12.7. The van der Waals surface area contributed by atoms with Gasteiger partial charge in [-0.3, -0.25) is 4.42 Å². The van der Waals surface area contributed by atoms with E-state index in [0.29, 0.717) is 23.7 Å². The highest BCUT2D eigenvalue weighted by molar-refractivity contribution is 6.00. The molecule has 2 heteroatoms. The third-order valence-electron chi connectivity index (χ3n) is 6.56. The number of carbonyl (C=O) groups is 1. The van der Waals surface area contributed by atoms with Gasteiger partial charge in [0.1, 0.15) is 5.56 Å². The molecule has 178 valence electrons. The largest absolute Gasteiger partial charge is 0.613 e. The van der Waals surface area contributed by atoms with Gasteiger partial charge in [0.25, 0.3) is 0 Å². The van der Waals surface area contributed by atoms with Crippen LogP contribution < -0.4 is 0 Å². The zero-order chi connectivity index (χ0) is 24.2. The average Bonchev–Trinajstić information content (AvgIpc) is 2.89. The van der Waals surface area contributed by atoms with Gasteiger partial charge in [0.05, 0.1) is 4.79 Å². The van der Waals surface area contributed by atoms with Gasteiger partial charge in [-0.15, -0.1) is 0 Å². The average molecular weight is 456 g/mol. The summed E-state index contributed by atoms with van der Waals surface area (Å²) in [6.45, 7) is 6.59. The van der Waals surface area contributed by atoms with E-state index in [1.807, 2.05) is 61.5 Å². The summed E-state index contributed by atoms with van der Waals surface area (Å²) in [5, 5.41) is 0. The van der Waals surface area contributed by atoms with E-state index in [9.17, 15) is 4.79 Å². The van der Waals surface area contributed by atoms with Crippen molar-refractivity contribution in [2.45, 2.75) is 78.1 Å². The van der Waals surface area contributed by atoms with Crippen molar-refractivity contribution in [2.24, 2.45) is 0 Å². The summed E-state index contributed by atoms with van der Waals surface area (Å²) < 4.78 is 5.70. The van der Waals surface area contributed by atoms with Crippen LogP contribution in [0.25, 0.3) is 11.1 Å². The standard InChI is InChI=1S/C32H39O2/c1-4-6-7-8-9-11-14-25(3)26-17-19-27(20-18-26)28-21-23-30(24-22-28)32(33)34-31(5-2)29-15-12-10-13-16-29/h10,12-13,15-25H,4-9,11,14H2,1-3H3/q+1. The monoisotopic (exact) mass is 455 g/mol. The minimum Gasteiger partial charge on any atom is -0.272 e. The van der Waals surface area contributed by atoms with E-state index in [1.165, 1.54) is 56.1 Å². The number of rotatable bonds is 12. The summed E-state index contributed by atoms with van der Waals surface area (Å²) >= 11 is 0. The van der Waals surface area contributed by atoms with E-state index >= 15 is 0 Å². The first-order valence-corrected chi connectivity index (χ1v) is 13.0. The maximum Gasteiger partial charge on any atom is 0.613 e. The lowest BCUT2D eigenvalue weighted by Gasteiger charge is -2.12. The fraction of sp³-hybridized carbons (Fsp3) is 0.375. The number of ketones is 1. The molecule has 34 heavy (non-hydrogen) atoms. The van der Waals surface area contributed by atoms with Crippen LogP contribution in [0.3, 0.4) is 0 Å². The summed E-state index contributed by atoms with van der Waals surface area (Å²) in [7, 11) is 0. The Hall–Kier alpha value is -3.00. The van der Waals surface area contributed by atoms with Crippen molar-refractivity contribution in [1.29, 1.82) is 0 Å². The summed E-state index contributed by atoms with van der Waals surface area (Å²) in [5.74, 6) is 0.970. The molecule has 0 radical (unpaired) electrons. The molecule has 0 aliphatic heterocycles. The molecule has 0 amide bonds. The Kier molecular flexibility index (Phi) is 10.3. The number of benzene rings is 3. The SMILES string of the molecule is CCCCCCCCC(C)c1ccc(-c2ccc(C(=O)[O+]=C(CC)c3ccccc3)cc2)cc1. The van der Waals surface area contributed by atoms with Crippen LogP contribution in [0, 0.1) is 0 Å². The molecule has 0 aliphatic carbocycles. The minimum absolute atomic E-state index is 0.314. The van der Waals surface area contributed by atoms with Gasteiger partial charge in [0.15, 0.2) is 0 Å². The second kappa shape index (κ2) is 13.6. The van der Waals surface area contributed by atoms with Crippen molar-refractivity contribution in [1.82, 2.24) is 0 Å². The van der Waals surface area contributed by atoms with E-state index in [1.54, 1.807) is 0 Å². The molecular weight excluding hydrogens is 416 g/mol. The van der Waals surface area contributed by atoms with Crippen LogP contribution in [0.2, 0.25) is 0 Å². The second-order valence-corrected chi connectivity index (χ2v) is 9.19. The van der Waals surface area contributed by atoms with Gasteiger partial charge in [-0.1, -0.05) is 114 Å². The highest BCUT2D eigenvalue weighted by atomic mass is 16.5. The lowest BCUT2D eigenvalue weighted by atomic mass is 9.93. The molecule has 1 atom stereocenters. The molecule has 0 spiro atoms. The third-order valence-corrected chi connectivity index (χ3v) is 6.56. The first-order chi connectivity index (χ1) is 16.6. The van der Waals surface area contributed by atoms with E-state index < -0.39 is 0 Å². The van der Waals surface area contributed by atoms with Crippen LogP contribution >= 0.6 is 0 Å². The predicted octanol–water partition coefficient (Wildman–Crippen LogP) is 9.18. The molecule has 0 N–H and O–H groups in total. The van der Waals surface area contributed by atoms with Crippen LogP contribution in [0.5, 0.6) is 0 Å². The Morgan fingerprint density at radius 3 is 1.91 bits per heavy atom. The zero-order valence-electron chi connectivity index (χ0n) is 21.1. The summed E-state index contributed by atoms with van der Waals surface area (Å²) in [6, 6.07) is 26.4. The van der Waals surface area contributed by atoms with E-state index in [4.69, 9.17) is 4.42 Å². The molecule has 3 aromatic rings. The predicted molar refractivity (Wildman–Crippen MR) is 144 cm³/mol. The Labute approximate surface area is 205 Å². The smallest absolute Gasteiger partial charge is 0.272 e. The molecule has 3 aromatic carbocycles. The van der Waals surface area contributed by atoms with E-state index in [2.05, 4.69) is 38.1 Å². The normalized spacial score (nSPS) is 12.5. The van der Waals surface area contributed by atoms with Crippen molar-refractivity contribution >= 4 is 11.8 Å². The Morgan fingerprint density at radius 2 is 1.29 bits per heavy atom. The van der Waals surface area contributed by atoms with Crippen LogP contribution in [0.4, 0.5) is 0 Å². The Morgan fingerprint density at radius 1 is 0.706 bits per heavy atom. The summed E-state index contributed by atoms with van der Waals surface area (Å²) in [5.41, 5.74) is 5.19. The van der Waals surface area contributed by atoms with Crippen molar-refractivity contribution < 1.29 is 9.22 Å². The number of hydrogen-bond acceptors (Lipinski definition) is 1. The van der Waals surface area contributed by atoms with Gasteiger partial charge < -0.3 is 0 Å². The van der Waals surface area contributed by atoms with Gasteiger partial charge in [-0.2, -0.15) is 0 Å². The molecule has 0 aromatic heterocycles. The molecule has 0 heterocycles. The number of carbonyl (C=O) groups excluding carboxylic acids is 2. The Balaban J connectivity index is 1.59. The lowest BCUT2D eigenvalue weighted by Crippen LogP contribution is -2.05. The molecule has 3 rings (SSSR count). The highest BCUT2D eigenvalue weighted by Gasteiger charge is 2.21. The van der Waals surface area contributed by atoms with Gasteiger partial charge in [0.2, 0.25) is 5.78 Å². The molecule has 0 saturated carbocycles. The van der Waals surface area contributed by atoms with Gasteiger partial charge in [-0.05, 0) is 53.3 Å². The molecule has 0 saturated heterocycles. The van der Waals surface area contributed by atoms with Crippen LogP contribution in [-0.2, 0) is 0 Å². The molecule has 0 bridgehead atoms. The molecule has 2 nitrogen and oxygen atoms in total. The fourth-order valence-electron chi connectivity index (χ4n) is 4.33. The van der Waals surface area contributed by atoms with Crippen LogP contribution in [0.15, 0.2) is 78.9 Å². The fourth-order valence-corrected chi connectivity index (χ4v) is 4.33. The van der Waals surface area contributed by atoms with Gasteiger partial charge >= 0.3 is 5.97 Å². The van der Waals surface area contributed by atoms with E-state index in [-0.39, 0.29) is 5.97 Å². The first kappa shape index (κ1) is 25.6. The van der Waals surface area contributed by atoms with E-state index in [0.717, 1.165) is 11.1 Å². The minimum atomic E-state index is -0.314. The number of unbranched alkanes of at least 4 members (excludes halogenated alkanes) is 5. The van der Waals surface area contributed by atoms with Crippen LogP contribution in [0.1, 0.15) is 104 Å². The van der Waals surface area contributed by atoms with Crippen molar-refractivity contribution in [2.75, 3.05) is 0 Å². The third kappa shape index (κ3) is 7.52. The van der Waals surface area contributed by atoms with Gasteiger partial charge in [0, 0.05) is 12.0 Å². The highest BCUT2D eigenvalue weighted by Crippen LogP contribution is 2.26.